The van der Waals surface area contributed by atoms with Crippen molar-refractivity contribution in [2.24, 2.45) is 0 Å². The second kappa shape index (κ2) is 5.38. The van der Waals surface area contributed by atoms with E-state index in [0.717, 1.165) is 21.3 Å². The molecule has 3 rings (SSSR count). The van der Waals surface area contributed by atoms with Crippen molar-refractivity contribution in [2.45, 2.75) is 16.8 Å². The Kier molecular flexibility index (Phi) is 3.43. The smallest absolute Gasteiger partial charge is 0.221 e. The molecule has 5 heteroatoms. The van der Waals surface area contributed by atoms with Gasteiger partial charge in [0.15, 0.2) is 0 Å². The lowest BCUT2D eigenvalue weighted by Crippen LogP contribution is -2.05. The number of aromatic nitrogens is 2. The summed E-state index contributed by atoms with van der Waals surface area (Å²) >= 11 is 1.64. The van der Waals surface area contributed by atoms with Gasteiger partial charge in [-0.3, -0.25) is 9.20 Å². The molecular formula is C15H13N3OS. The summed E-state index contributed by atoms with van der Waals surface area (Å²) in [5.74, 6) is -0.0628. The average Bonchev–Trinajstić information content (AvgIpc) is 2.84. The lowest BCUT2D eigenvalue weighted by atomic mass is 10.3. The van der Waals surface area contributed by atoms with Gasteiger partial charge in [0, 0.05) is 23.7 Å². The number of fused-ring (bicyclic) bond motifs is 1. The number of imidazole rings is 1. The van der Waals surface area contributed by atoms with Gasteiger partial charge in [-0.2, -0.15) is 0 Å². The Morgan fingerprint density at radius 3 is 2.75 bits per heavy atom. The van der Waals surface area contributed by atoms with Gasteiger partial charge in [-0.05, 0) is 36.4 Å². The molecule has 3 aromatic rings. The third kappa shape index (κ3) is 2.67. The van der Waals surface area contributed by atoms with E-state index in [4.69, 9.17) is 0 Å². The number of pyridine rings is 1. The molecule has 20 heavy (non-hydrogen) atoms. The van der Waals surface area contributed by atoms with E-state index in [1.54, 1.807) is 11.8 Å². The van der Waals surface area contributed by atoms with Gasteiger partial charge < -0.3 is 5.32 Å². The van der Waals surface area contributed by atoms with Gasteiger partial charge in [0.2, 0.25) is 5.91 Å². The minimum Gasteiger partial charge on any atom is -0.326 e. The zero-order chi connectivity index (χ0) is 13.9. The van der Waals surface area contributed by atoms with E-state index in [1.807, 2.05) is 59.3 Å². The van der Waals surface area contributed by atoms with Crippen LogP contribution in [0.4, 0.5) is 5.69 Å². The fourth-order valence-corrected chi connectivity index (χ4v) is 2.79. The number of nitrogens with zero attached hydrogens (tertiary/aromatic N) is 2. The molecule has 1 N–H and O–H groups in total. The van der Waals surface area contributed by atoms with Crippen LogP contribution in [0.25, 0.3) is 5.65 Å². The van der Waals surface area contributed by atoms with Gasteiger partial charge in [0.1, 0.15) is 10.7 Å². The Bertz CT molecular complexity index is 749. The minimum absolute atomic E-state index is 0.0628. The highest BCUT2D eigenvalue weighted by Crippen LogP contribution is 2.28. The Hall–Kier alpha value is -2.27. The SMILES string of the molecule is CC(=O)Nc1ccc(Sc2cnc3ccccn23)cc1. The van der Waals surface area contributed by atoms with Crippen LogP contribution in [-0.4, -0.2) is 15.3 Å². The highest BCUT2D eigenvalue weighted by Gasteiger charge is 2.04. The third-order valence-electron chi connectivity index (χ3n) is 2.78. The van der Waals surface area contributed by atoms with E-state index in [0.29, 0.717) is 0 Å². The largest absolute Gasteiger partial charge is 0.326 e. The van der Waals surface area contributed by atoms with Crippen LogP contribution in [0.5, 0.6) is 0 Å². The van der Waals surface area contributed by atoms with Crippen LogP contribution < -0.4 is 5.32 Å². The summed E-state index contributed by atoms with van der Waals surface area (Å²) in [5.41, 5.74) is 1.74. The zero-order valence-electron chi connectivity index (χ0n) is 10.9. The maximum atomic E-state index is 11.0. The summed E-state index contributed by atoms with van der Waals surface area (Å²) in [4.78, 5) is 16.4. The van der Waals surface area contributed by atoms with Crippen molar-refractivity contribution in [1.82, 2.24) is 9.38 Å². The first-order valence-electron chi connectivity index (χ1n) is 6.20. The maximum Gasteiger partial charge on any atom is 0.221 e. The van der Waals surface area contributed by atoms with Crippen LogP contribution in [0, 0.1) is 0 Å². The van der Waals surface area contributed by atoms with Crippen LogP contribution in [-0.2, 0) is 4.79 Å². The Morgan fingerprint density at radius 1 is 1.20 bits per heavy atom. The molecule has 0 bridgehead atoms. The third-order valence-corrected chi connectivity index (χ3v) is 3.80. The number of carbonyl (C=O) groups excluding carboxylic acids is 1. The predicted molar refractivity (Wildman–Crippen MR) is 80.1 cm³/mol. The molecule has 0 fully saturated rings. The van der Waals surface area contributed by atoms with Crippen molar-refractivity contribution in [3.63, 3.8) is 0 Å². The molecule has 0 unspecified atom stereocenters. The van der Waals surface area contributed by atoms with E-state index >= 15 is 0 Å². The second-order valence-electron chi connectivity index (χ2n) is 4.33. The fourth-order valence-electron chi connectivity index (χ4n) is 1.92. The number of anilines is 1. The van der Waals surface area contributed by atoms with E-state index in [2.05, 4.69) is 10.3 Å². The van der Waals surface area contributed by atoms with Crippen molar-refractivity contribution >= 4 is 29.0 Å². The second-order valence-corrected chi connectivity index (χ2v) is 5.43. The lowest BCUT2D eigenvalue weighted by molar-refractivity contribution is -0.114. The van der Waals surface area contributed by atoms with Crippen LogP contribution in [0.15, 0.2) is 64.8 Å². The molecule has 0 aliphatic carbocycles. The van der Waals surface area contributed by atoms with Gasteiger partial charge in [-0.1, -0.05) is 17.8 Å². The highest BCUT2D eigenvalue weighted by atomic mass is 32.2. The molecule has 0 atom stereocenters. The molecule has 100 valence electrons. The molecular weight excluding hydrogens is 270 g/mol. The number of nitrogens with one attached hydrogen (secondary N) is 1. The summed E-state index contributed by atoms with van der Waals surface area (Å²) < 4.78 is 2.05. The van der Waals surface area contributed by atoms with Gasteiger partial charge in [0.05, 0.1) is 6.20 Å². The van der Waals surface area contributed by atoms with E-state index in [-0.39, 0.29) is 5.91 Å². The number of rotatable bonds is 3. The number of hydrogen-bond donors (Lipinski definition) is 1. The van der Waals surface area contributed by atoms with Gasteiger partial charge in [-0.15, -0.1) is 0 Å². The Balaban J connectivity index is 1.82. The van der Waals surface area contributed by atoms with Crippen LogP contribution >= 0.6 is 11.8 Å². The molecule has 0 radical (unpaired) electrons. The summed E-state index contributed by atoms with van der Waals surface area (Å²) in [7, 11) is 0. The first kappa shape index (κ1) is 12.7. The van der Waals surface area contributed by atoms with Crippen LogP contribution in [0.1, 0.15) is 6.92 Å². The Labute approximate surface area is 120 Å². The fraction of sp³-hybridized carbons (Fsp3) is 0.0667. The minimum atomic E-state index is -0.0628. The van der Waals surface area contributed by atoms with Crippen molar-refractivity contribution in [1.29, 1.82) is 0 Å². The molecule has 0 spiro atoms. The van der Waals surface area contributed by atoms with Crippen molar-refractivity contribution < 1.29 is 4.79 Å². The first-order chi connectivity index (χ1) is 9.72. The molecule has 2 aromatic heterocycles. The predicted octanol–water partition coefficient (Wildman–Crippen LogP) is 3.44. The standard InChI is InChI=1S/C15H13N3OS/c1-11(19)17-12-5-7-13(8-6-12)20-15-10-16-14-4-2-3-9-18(14)15/h2-10H,1H3,(H,17,19). The zero-order valence-corrected chi connectivity index (χ0v) is 11.7. The number of benzene rings is 1. The van der Waals surface area contributed by atoms with Crippen molar-refractivity contribution in [2.75, 3.05) is 5.32 Å². The van der Waals surface area contributed by atoms with E-state index < -0.39 is 0 Å². The maximum absolute atomic E-state index is 11.0. The number of hydrogen-bond acceptors (Lipinski definition) is 3. The Morgan fingerprint density at radius 2 is 2.00 bits per heavy atom. The van der Waals surface area contributed by atoms with Crippen LogP contribution in [0.2, 0.25) is 0 Å². The molecule has 4 nitrogen and oxygen atoms in total. The summed E-state index contributed by atoms with van der Waals surface area (Å²) in [6, 6.07) is 13.7. The number of amides is 1. The van der Waals surface area contributed by atoms with Gasteiger partial charge in [-0.25, -0.2) is 4.98 Å². The number of carbonyl (C=O) groups is 1. The summed E-state index contributed by atoms with van der Waals surface area (Å²) in [6.45, 7) is 1.50. The molecule has 2 heterocycles. The molecule has 0 saturated heterocycles. The normalized spacial score (nSPS) is 10.7. The molecule has 0 aliphatic rings. The van der Waals surface area contributed by atoms with E-state index in [9.17, 15) is 4.79 Å². The average molecular weight is 283 g/mol. The van der Waals surface area contributed by atoms with Crippen LogP contribution in [0.3, 0.4) is 0 Å². The molecule has 1 aromatic carbocycles. The quantitative estimate of drug-likeness (QED) is 0.801. The summed E-state index contributed by atoms with van der Waals surface area (Å²) in [6.07, 6.45) is 3.86. The topological polar surface area (TPSA) is 46.4 Å². The lowest BCUT2D eigenvalue weighted by Gasteiger charge is -2.04. The van der Waals surface area contributed by atoms with Crippen molar-refractivity contribution in [3.05, 3.63) is 54.9 Å². The van der Waals surface area contributed by atoms with Gasteiger partial charge in [0.25, 0.3) is 0 Å². The monoisotopic (exact) mass is 283 g/mol. The molecule has 1 amide bonds. The first-order valence-corrected chi connectivity index (χ1v) is 7.01. The molecule has 0 aliphatic heterocycles. The summed E-state index contributed by atoms with van der Waals surface area (Å²) in [5, 5.41) is 3.82. The highest BCUT2D eigenvalue weighted by molar-refractivity contribution is 7.99. The van der Waals surface area contributed by atoms with Crippen molar-refractivity contribution in [3.8, 4) is 0 Å². The molecule has 0 saturated carbocycles. The van der Waals surface area contributed by atoms with Gasteiger partial charge >= 0.3 is 0 Å². The van der Waals surface area contributed by atoms with E-state index in [1.165, 1.54) is 6.92 Å².